The van der Waals surface area contributed by atoms with Crippen molar-refractivity contribution >= 4 is 12.4 Å². The van der Waals surface area contributed by atoms with Crippen molar-refractivity contribution in [1.29, 1.82) is 0 Å². The van der Waals surface area contributed by atoms with Gasteiger partial charge in [-0.25, -0.2) is 9.37 Å². The zero-order valence-electron chi connectivity index (χ0n) is 21.0. The third-order valence-electron chi connectivity index (χ3n) is 5.47. The van der Waals surface area contributed by atoms with Gasteiger partial charge in [0, 0.05) is 59.7 Å². The van der Waals surface area contributed by atoms with Crippen LogP contribution in [0.3, 0.4) is 0 Å². The van der Waals surface area contributed by atoms with Crippen molar-refractivity contribution in [1.82, 2.24) is 30.3 Å². The zero-order valence-corrected chi connectivity index (χ0v) is 18.0. The number of rotatable bonds is 5. The van der Waals surface area contributed by atoms with E-state index in [1.807, 2.05) is 4.90 Å². The first-order valence-electron chi connectivity index (χ1n) is 11.6. The Morgan fingerprint density at radius 1 is 1.28 bits per heavy atom. The Labute approximate surface area is 189 Å². The molecule has 2 aromatic heterocycles. The predicted molar refractivity (Wildman–Crippen MR) is 118 cm³/mol. The van der Waals surface area contributed by atoms with Gasteiger partial charge in [-0.2, -0.15) is 5.10 Å². The molecule has 0 aliphatic carbocycles. The Morgan fingerprint density at radius 3 is 2.78 bits per heavy atom. The molecule has 1 N–H and O–H groups in total. The van der Waals surface area contributed by atoms with Gasteiger partial charge < -0.3 is 15.0 Å². The normalized spacial score (nSPS) is 18.6. The molecular weight excluding hydrogens is 413 g/mol. The second-order valence-corrected chi connectivity index (χ2v) is 8.68. The Morgan fingerprint density at radius 2 is 2.12 bits per heavy atom. The van der Waals surface area contributed by atoms with E-state index in [4.69, 9.17) is 8.85 Å². The molecule has 3 aromatic rings. The molecule has 1 aromatic carbocycles. The summed E-state index contributed by atoms with van der Waals surface area (Å²) in [6, 6.07) is 2.69. The fourth-order valence-electron chi connectivity index (χ4n) is 3.64. The zero-order chi connectivity index (χ0) is 25.4. The van der Waals surface area contributed by atoms with Gasteiger partial charge in [0.15, 0.2) is 0 Å². The smallest absolute Gasteiger partial charge is 0.298 e. The van der Waals surface area contributed by atoms with Crippen molar-refractivity contribution in [2.75, 3.05) is 24.5 Å². The lowest BCUT2D eigenvalue weighted by Crippen LogP contribution is -2.56. The number of hydrogen-bond donors (Lipinski definition) is 1. The van der Waals surface area contributed by atoms with E-state index >= 15 is 4.39 Å². The SMILES string of the molecule is [2H]C([2H])([2H])n1cc(-c2cc(OC=O)c(-c3cnc(N4CCN[C@@H](C(C)(C)C)C4)nn3)cc2F)cn1. The molecule has 9 nitrogen and oxygen atoms in total. The first-order valence-corrected chi connectivity index (χ1v) is 10.1. The van der Waals surface area contributed by atoms with Crippen LogP contribution < -0.4 is 15.0 Å². The minimum Gasteiger partial charge on any atom is -0.428 e. The van der Waals surface area contributed by atoms with Crippen LogP contribution in [0, 0.1) is 11.2 Å². The number of anilines is 1. The number of piperazine rings is 1. The fraction of sp³-hybridized carbons (Fsp3) is 0.409. The minimum atomic E-state index is -2.50. The van der Waals surface area contributed by atoms with Gasteiger partial charge in [-0.05, 0) is 17.5 Å². The lowest BCUT2D eigenvalue weighted by atomic mass is 9.85. The molecule has 0 unspecified atom stereocenters. The summed E-state index contributed by atoms with van der Waals surface area (Å²) in [7, 11) is 0. The number of carbonyl (C=O) groups excluding carboxylic acids is 1. The summed E-state index contributed by atoms with van der Waals surface area (Å²) < 4.78 is 43.2. The van der Waals surface area contributed by atoms with Gasteiger partial charge in [0.05, 0.1) is 12.4 Å². The molecule has 3 heterocycles. The van der Waals surface area contributed by atoms with Crippen molar-refractivity contribution in [3.8, 4) is 28.1 Å². The lowest BCUT2D eigenvalue weighted by molar-refractivity contribution is -0.120. The van der Waals surface area contributed by atoms with Crippen molar-refractivity contribution in [3.63, 3.8) is 0 Å². The third kappa shape index (κ3) is 4.45. The van der Waals surface area contributed by atoms with E-state index in [2.05, 4.69) is 46.4 Å². The highest BCUT2D eigenvalue weighted by Gasteiger charge is 2.30. The van der Waals surface area contributed by atoms with Crippen LogP contribution in [0.25, 0.3) is 22.4 Å². The number of nitrogens with zero attached hydrogens (tertiary/aromatic N) is 6. The Balaban J connectivity index is 1.64. The second-order valence-electron chi connectivity index (χ2n) is 8.68. The number of carbonyl (C=O) groups is 1. The first kappa shape index (κ1) is 18.2. The number of halogens is 1. The van der Waals surface area contributed by atoms with Crippen molar-refractivity contribution < 1.29 is 18.0 Å². The minimum absolute atomic E-state index is 0.0210. The molecule has 0 bridgehead atoms. The van der Waals surface area contributed by atoms with Gasteiger partial charge in [-0.15, -0.1) is 10.2 Å². The molecule has 0 amide bonds. The maximum Gasteiger partial charge on any atom is 0.298 e. The molecule has 0 saturated carbocycles. The second kappa shape index (κ2) is 8.62. The summed E-state index contributed by atoms with van der Waals surface area (Å²) in [5.41, 5.74) is 0.699. The highest BCUT2D eigenvalue weighted by Crippen LogP contribution is 2.35. The summed E-state index contributed by atoms with van der Waals surface area (Å²) in [6.45, 7) is 6.44. The molecule has 0 spiro atoms. The van der Waals surface area contributed by atoms with Gasteiger partial charge in [-0.1, -0.05) is 20.8 Å². The van der Waals surface area contributed by atoms with Crippen LogP contribution in [0.2, 0.25) is 0 Å². The van der Waals surface area contributed by atoms with Crippen LogP contribution in [0.5, 0.6) is 5.75 Å². The lowest BCUT2D eigenvalue weighted by Gasteiger charge is -2.40. The average molecular weight is 443 g/mol. The first-order chi connectivity index (χ1) is 16.5. The van der Waals surface area contributed by atoms with E-state index in [0.717, 1.165) is 30.4 Å². The Bertz CT molecular complexity index is 1210. The van der Waals surface area contributed by atoms with E-state index in [9.17, 15) is 4.79 Å². The van der Waals surface area contributed by atoms with Gasteiger partial charge in [0.25, 0.3) is 6.47 Å². The van der Waals surface area contributed by atoms with Gasteiger partial charge in [0.1, 0.15) is 17.3 Å². The third-order valence-corrected chi connectivity index (χ3v) is 5.47. The van der Waals surface area contributed by atoms with Crippen LogP contribution in [-0.4, -0.2) is 57.1 Å². The Kier molecular flexibility index (Phi) is 4.90. The number of nitrogens with one attached hydrogen (secondary N) is 1. The van der Waals surface area contributed by atoms with E-state index in [1.165, 1.54) is 24.7 Å². The molecule has 10 heteroatoms. The van der Waals surface area contributed by atoms with Crippen LogP contribution >= 0.6 is 0 Å². The quantitative estimate of drug-likeness (QED) is 0.602. The maximum atomic E-state index is 15.1. The monoisotopic (exact) mass is 442 g/mol. The summed E-state index contributed by atoms with van der Waals surface area (Å²) in [6.07, 6.45) is 3.88. The van der Waals surface area contributed by atoms with Gasteiger partial charge >= 0.3 is 0 Å². The number of benzene rings is 1. The van der Waals surface area contributed by atoms with Crippen LogP contribution in [0.1, 0.15) is 24.9 Å². The topological polar surface area (TPSA) is 98.1 Å². The van der Waals surface area contributed by atoms with Crippen molar-refractivity contribution in [2.24, 2.45) is 12.4 Å². The number of aromatic nitrogens is 5. The highest BCUT2D eigenvalue weighted by atomic mass is 19.1. The molecule has 1 aliphatic heterocycles. The molecular formula is C22H26FN7O2. The van der Waals surface area contributed by atoms with Gasteiger partial charge in [-0.3, -0.25) is 9.48 Å². The van der Waals surface area contributed by atoms with Crippen LogP contribution in [-0.2, 0) is 11.8 Å². The van der Waals surface area contributed by atoms with E-state index in [-0.39, 0.29) is 46.1 Å². The molecule has 168 valence electrons. The average Bonchev–Trinajstić information content (AvgIpc) is 3.31. The predicted octanol–water partition coefficient (Wildman–Crippen LogP) is 2.44. The van der Waals surface area contributed by atoms with E-state index in [0.29, 0.717) is 5.95 Å². The maximum absolute atomic E-state index is 15.1. The standard InChI is InChI=1S/C22H26FN7O2/c1-22(2,3)20-12-30(6-5-24-20)21-25-10-18(27-28-21)16-7-17(23)15(8-19(16)32-13-31)14-9-26-29(4)11-14/h7-11,13,20,24H,5-6,12H2,1-4H3/t20-/m1/s1/i4D3. The summed E-state index contributed by atoms with van der Waals surface area (Å²) >= 11 is 0. The number of hydrogen-bond acceptors (Lipinski definition) is 8. The molecule has 4 rings (SSSR count). The molecule has 1 fully saturated rings. The summed E-state index contributed by atoms with van der Waals surface area (Å²) in [5, 5.41) is 15.7. The highest BCUT2D eigenvalue weighted by molar-refractivity contribution is 5.75. The van der Waals surface area contributed by atoms with Crippen molar-refractivity contribution in [3.05, 3.63) is 36.5 Å². The molecule has 32 heavy (non-hydrogen) atoms. The molecule has 1 saturated heterocycles. The molecule has 1 aliphatic rings. The van der Waals surface area contributed by atoms with Crippen LogP contribution in [0.4, 0.5) is 10.3 Å². The van der Waals surface area contributed by atoms with Gasteiger partial charge in [0.2, 0.25) is 5.95 Å². The number of aryl methyl sites for hydroxylation is 1. The summed E-state index contributed by atoms with van der Waals surface area (Å²) in [5.74, 6) is -0.197. The summed E-state index contributed by atoms with van der Waals surface area (Å²) in [4.78, 5) is 17.6. The molecule has 1 atom stereocenters. The van der Waals surface area contributed by atoms with E-state index in [1.54, 1.807) is 0 Å². The van der Waals surface area contributed by atoms with Crippen molar-refractivity contribution in [2.45, 2.75) is 26.8 Å². The fourth-order valence-corrected chi connectivity index (χ4v) is 3.64. The van der Waals surface area contributed by atoms with Crippen LogP contribution in [0.15, 0.2) is 30.7 Å². The largest absolute Gasteiger partial charge is 0.428 e. The molecule has 0 radical (unpaired) electrons. The van der Waals surface area contributed by atoms with E-state index < -0.39 is 12.8 Å². The number of ether oxygens (including phenoxy) is 1. The Hall–Kier alpha value is -3.40.